The monoisotopic (exact) mass is 567 g/mol. The summed E-state index contributed by atoms with van der Waals surface area (Å²) < 4.78 is 19.7. The number of carboxylic acid groups (broad SMARTS) is 1. The quantitative estimate of drug-likeness (QED) is 0.285. The summed E-state index contributed by atoms with van der Waals surface area (Å²) in [6.07, 6.45) is 2.88. The van der Waals surface area contributed by atoms with E-state index in [-0.39, 0.29) is 42.5 Å². The molecule has 6 nitrogen and oxygen atoms in total. The number of methoxy groups -OCH3 is 1. The van der Waals surface area contributed by atoms with Crippen LogP contribution in [0.15, 0.2) is 42.5 Å². The van der Waals surface area contributed by atoms with Gasteiger partial charge in [0, 0.05) is 18.9 Å². The second kappa shape index (κ2) is 13.7. The Hall–Kier alpha value is -2.19. The van der Waals surface area contributed by atoms with E-state index in [0.29, 0.717) is 19.3 Å². The maximum Gasteiger partial charge on any atom is 0.333 e. The molecule has 0 spiro atoms. The first-order valence-corrected chi connectivity index (χ1v) is 12.9. The van der Waals surface area contributed by atoms with Gasteiger partial charge in [0.1, 0.15) is 11.6 Å². The van der Waals surface area contributed by atoms with Crippen LogP contribution < -0.4 is 0 Å². The van der Waals surface area contributed by atoms with Crippen molar-refractivity contribution in [2.75, 3.05) is 27.2 Å². The van der Waals surface area contributed by atoms with Gasteiger partial charge in [0.25, 0.3) is 0 Å². The Morgan fingerprint density at radius 2 is 1.97 bits per heavy atom. The zero-order valence-corrected chi connectivity index (χ0v) is 24.2. The van der Waals surface area contributed by atoms with Gasteiger partial charge in [-0.3, -0.25) is 0 Å². The van der Waals surface area contributed by atoms with Crippen LogP contribution in [-0.2, 0) is 22.4 Å². The molecule has 0 bridgehead atoms. The van der Waals surface area contributed by atoms with Gasteiger partial charge in [-0.2, -0.15) is 0 Å². The topological polar surface area (TPSA) is 78.5 Å². The van der Waals surface area contributed by atoms with E-state index in [0.717, 1.165) is 53.9 Å². The third-order valence-electron chi connectivity index (χ3n) is 7.92. The number of carboxylic acids is 1. The number of nitrogens with one attached hydrogen (secondary N) is 1. The van der Waals surface area contributed by atoms with Crippen LogP contribution in [0.5, 0.6) is 0 Å². The lowest BCUT2D eigenvalue weighted by Gasteiger charge is -2.50. The van der Waals surface area contributed by atoms with E-state index in [4.69, 9.17) is 4.74 Å². The summed E-state index contributed by atoms with van der Waals surface area (Å²) in [5.41, 5.74) is 3.52. The number of imidazole rings is 1. The molecule has 9 heteroatoms. The van der Waals surface area contributed by atoms with E-state index in [1.807, 2.05) is 30.3 Å². The number of hydrogen-bond acceptors (Lipinski definition) is 4. The standard InChI is InChI=1S/C29H38FN3O3.2ClH/c1-19(2)26-22-12-11-21(30)18-20(22)13-14-29(26,27(36-4)28(34)35)15-17-33(3)16-7-10-25-31-23-8-5-6-9-24(23)32-25;;/h5-6,8-9,11-12,18-19,26-27H,7,10,13-17H2,1-4H3,(H,31,32)(H,34,35);2*1H/t26?,27-,29?;;/m1../s1. The van der Waals surface area contributed by atoms with Crippen LogP contribution in [0.25, 0.3) is 11.0 Å². The molecule has 2 N–H and O–H groups in total. The first kappa shape index (κ1) is 32.0. The van der Waals surface area contributed by atoms with Gasteiger partial charge < -0.3 is 19.7 Å². The van der Waals surface area contributed by atoms with E-state index < -0.39 is 17.5 Å². The molecule has 3 atom stereocenters. The number of benzene rings is 2. The molecule has 0 saturated heterocycles. The van der Waals surface area contributed by atoms with Crippen molar-refractivity contribution >= 4 is 41.8 Å². The normalized spacial score (nSPS) is 19.6. The second-order valence-electron chi connectivity index (χ2n) is 10.6. The molecular formula is C29H40Cl2FN3O3. The minimum Gasteiger partial charge on any atom is -0.479 e. The number of H-pyrrole nitrogens is 1. The number of ether oxygens (including phenoxy) is 1. The highest BCUT2D eigenvalue weighted by molar-refractivity contribution is 5.85. The number of aliphatic carboxylic acids is 1. The molecule has 210 valence electrons. The molecular weight excluding hydrogens is 528 g/mol. The van der Waals surface area contributed by atoms with E-state index in [9.17, 15) is 14.3 Å². The van der Waals surface area contributed by atoms with Gasteiger partial charge in [-0.05, 0) is 93.0 Å². The Morgan fingerprint density at radius 1 is 1.24 bits per heavy atom. The van der Waals surface area contributed by atoms with Crippen molar-refractivity contribution in [3.8, 4) is 0 Å². The lowest BCUT2D eigenvalue weighted by atomic mass is 9.56. The molecule has 0 fully saturated rings. The number of nitrogens with zero attached hydrogens (tertiary/aromatic N) is 2. The fourth-order valence-corrected chi connectivity index (χ4v) is 6.39. The maximum absolute atomic E-state index is 14.0. The zero-order chi connectivity index (χ0) is 25.9. The van der Waals surface area contributed by atoms with Gasteiger partial charge in [-0.15, -0.1) is 24.8 Å². The maximum atomic E-state index is 14.0. The van der Waals surface area contributed by atoms with E-state index >= 15 is 0 Å². The highest BCUT2D eigenvalue weighted by Gasteiger charge is 2.52. The number of halogens is 3. The second-order valence-corrected chi connectivity index (χ2v) is 10.6. The molecule has 1 aliphatic carbocycles. The number of rotatable bonds is 11. The Kier molecular flexibility index (Phi) is 11.6. The SMILES string of the molecule is CO[C@H](C(=O)O)C1(CCN(C)CCCc2nc3ccccc3[nH]2)CCc2cc(F)ccc2C1C(C)C.Cl.Cl. The average Bonchev–Trinajstić information content (AvgIpc) is 3.25. The predicted molar refractivity (Wildman–Crippen MR) is 154 cm³/mol. The Morgan fingerprint density at radius 3 is 2.63 bits per heavy atom. The highest BCUT2D eigenvalue weighted by Crippen LogP contribution is 2.54. The van der Waals surface area contributed by atoms with E-state index in [1.54, 1.807) is 6.07 Å². The number of aromatic nitrogens is 2. The summed E-state index contributed by atoms with van der Waals surface area (Å²) in [5.74, 6) is -0.0325. The lowest BCUT2D eigenvalue weighted by Crippen LogP contribution is -2.51. The van der Waals surface area contributed by atoms with Crippen molar-refractivity contribution in [2.45, 2.75) is 58.0 Å². The number of aromatic amines is 1. The highest BCUT2D eigenvalue weighted by atomic mass is 35.5. The first-order chi connectivity index (χ1) is 17.2. The van der Waals surface area contributed by atoms with Gasteiger partial charge in [-0.1, -0.05) is 32.0 Å². The summed E-state index contributed by atoms with van der Waals surface area (Å²) in [4.78, 5) is 22.7. The molecule has 2 aromatic carbocycles. The summed E-state index contributed by atoms with van der Waals surface area (Å²) >= 11 is 0. The van der Waals surface area contributed by atoms with Crippen LogP contribution in [0, 0.1) is 17.2 Å². The van der Waals surface area contributed by atoms with Crippen LogP contribution in [0.1, 0.15) is 56.0 Å². The van der Waals surface area contributed by atoms with Crippen LogP contribution in [0.3, 0.4) is 0 Å². The third kappa shape index (κ3) is 6.68. The third-order valence-corrected chi connectivity index (χ3v) is 7.92. The van der Waals surface area contributed by atoms with E-state index in [2.05, 4.69) is 35.8 Å². The summed E-state index contributed by atoms with van der Waals surface area (Å²) in [6, 6.07) is 13.0. The number of hydrogen-bond donors (Lipinski definition) is 2. The predicted octanol–water partition coefficient (Wildman–Crippen LogP) is 6.27. The lowest BCUT2D eigenvalue weighted by molar-refractivity contribution is -0.162. The molecule has 1 aromatic heterocycles. The minimum atomic E-state index is -0.929. The smallest absolute Gasteiger partial charge is 0.333 e. The Balaban J connectivity index is 0.00000253. The first-order valence-electron chi connectivity index (χ1n) is 12.9. The minimum absolute atomic E-state index is 0. The summed E-state index contributed by atoms with van der Waals surface area (Å²) in [5, 5.41) is 10.2. The van der Waals surface area contributed by atoms with Gasteiger partial charge in [0.05, 0.1) is 11.0 Å². The van der Waals surface area contributed by atoms with Crippen molar-refractivity contribution < 1.29 is 19.0 Å². The van der Waals surface area contributed by atoms with Crippen molar-refractivity contribution in [2.24, 2.45) is 11.3 Å². The summed E-state index contributed by atoms with van der Waals surface area (Å²) in [7, 11) is 3.58. The van der Waals surface area contributed by atoms with Gasteiger partial charge >= 0.3 is 5.97 Å². The van der Waals surface area contributed by atoms with Crippen LogP contribution in [-0.4, -0.2) is 59.3 Å². The van der Waals surface area contributed by atoms with Gasteiger partial charge in [0.2, 0.25) is 0 Å². The van der Waals surface area contributed by atoms with Crippen molar-refractivity contribution in [3.63, 3.8) is 0 Å². The van der Waals surface area contributed by atoms with Crippen LogP contribution in [0.4, 0.5) is 4.39 Å². The summed E-state index contributed by atoms with van der Waals surface area (Å²) in [6.45, 7) is 5.89. The zero-order valence-electron chi connectivity index (χ0n) is 22.6. The molecule has 4 rings (SSSR count). The average molecular weight is 569 g/mol. The molecule has 0 aliphatic heterocycles. The number of aryl methyl sites for hydroxylation is 2. The Labute approximate surface area is 237 Å². The molecule has 1 heterocycles. The molecule has 0 radical (unpaired) electrons. The van der Waals surface area contributed by atoms with Crippen molar-refractivity contribution in [1.82, 2.24) is 14.9 Å². The Bertz CT molecular complexity index is 1170. The molecule has 38 heavy (non-hydrogen) atoms. The van der Waals surface area contributed by atoms with Crippen LogP contribution in [0.2, 0.25) is 0 Å². The van der Waals surface area contributed by atoms with Crippen molar-refractivity contribution in [1.29, 1.82) is 0 Å². The fraction of sp³-hybridized carbons (Fsp3) is 0.517. The van der Waals surface area contributed by atoms with Gasteiger partial charge in [-0.25, -0.2) is 14.2 Å². The van der Waals surface area contributed by atoms with Crippen LogP contribution >= 0.6 is 24.8 Å². The number of carbonyl (C=O) groups is 1. The van der Waals surface area contributed by atoms with E-state index in [1.165, 1.54) is 13.2 Å². The molecule has 0 amide bonds. The molecule has 1 aliphatic rings. The number of fused-ring (bicyclic) bond motifs is 2. The fourth-order valence-electron chi connectivity index (χ4n) is 6.39. The molecule has 0 saturated carbocycles. The largest absolute Gasteiger partial charge is 0.479 e. The number of para-hydroxylation sites is 2. The molecule has 2 unspecified atom stereocenters. The van der Waals surface area contributed by atoms with Gasteiger partial charge in [0.15, 0.2) is 6.10 Å². The molecule has 3 aromatic rings. The van der Waals surface area contributed by atoms with Crippen molar-refractivity contribution in [3.05, 3.63) is 65.2 Å².